The van der Waals surface area contributed by atoms with Crippen molar-refractivity contribution in [1.29, 1.82) is 0 Å². The van der Waals surface area contributed by atoms with Crippen LogP contribution in [-0.2, 0) is 21.6 Å². The number of benzene rings is 4. The molecule has 4 aromatic carbocycles. The van der Waals surface area contributed by atoms with Gasteiger partial charge in [0, 0.05) is 42.2 Å². The number of H-pyrrole nitrogens is 1. The summed E-state index contributed by atoms with van der Waals surface area (Å²) in [6.07, 6.45) is -0.214. The number of carbonyl (C=O) groups is 3. The van der Waals surface area contributed by atoms with Gasteiger partial charge in [-0.3, -0.25) is 14.4 Å². The van der Waals surface area contributed by atoms with E-state index in [0.717, 1.165) is 5.56 Å². The molecular formula is C39H38N4O9. The fraction of sp³-hybridized carbons (Fsp3) is 0.231. The van der Waals surface area contributed by atoms with E-state index in [-0.39, 0.29) is 64.7 Å². The van der Waals surface area contributed by atoms with Gasteiger partial charge in [-0.1, -0.05) is 60.7 Å². The van der Waals surface area contributed by atoms with Crippen LogP contribution >= 0.6 is 0 Å². The highest BCUT2D eigenvalue weighted by molar-refractivity contribution is 5.94. The molecule has 2 amide bonds. The first kappa shape index (κ1) is 35.8. The van der Waals surface area contributed by atoms with Gasteiger partial charge >= 0.3 is 5.97 Å². The summed E-state index contributed by atoms with van der Waals surface area (Å²) in [7, 11) is 0. The summed E-state index contributed by atoms with van der Waals surface area (Å²) in [5.41, 5.74) is -0.0390. The normalized spacial score (nSPS) is 14.6. The third kappa shape index (κ3) is 7.81. The number of aliphatic hydroxyl groups is 2. The van der Waals surface area contributed by atoms with Crippen LogP contribution in [0, 0.1) is 0 Å². The molecule has 13 nitrogen and oxygen atoms in total. The molecule has 5 aromatic rings. The van der Waals surface area contributed by atoms with E-state index >= 15 is 0 Å². The number of phenols is 1. The molecule has 2 heterocycles. The SMILES string of the molecule is O=C(NC1CN(C(=O)COc2cccc(C(O)(C(=O)O)c3ccccc3)c2)C1)c1ccc(CCNCC(O)c2ccc(O)c3[nH]c(=O)ccc23)cc1. The highest BCUT2D eigenvalue weighted by Gasteiger charge is 2.40. The zero-order valence-electron chi connectivity index (χ0n) is 28.0. The lowest BCUT2D eigenvalue weighted by atomic mass is 9.86. The molecule has 0 radical (unpaired) electrons. The van der Waals surface area contributed by atoms with E-state index in [9.17, 15) is 39.6 Å². The number of rotatable bonds is 14. The minimum absolute atomic E-state index is 0.0686. The van der Waals surface area contributed by atoms with E-state index in [1.54, 1.807) is 59.5 Å². The van der Waals surface area contributed by atoms with E-state index in [0.29, 0.717) is 42.6 Å². The summed E-state index contributed by atoms with van der Waals surface area (Å²) >= 11 is 0. The van der Waals surface area contributed by atoms with E-state index in [1.165, 1.54) is 36.4 Å². The highest BCUT2D eigenvalue weighted by Crippen LogP contribution is 2.32. The number of nitrogens with zero attached hydrogens (tertiary/aromatic N) is 1. The van der Waals surface area contributed by atoms with E-state index in [2.05, 4.69) is 15.6 Å². The third-order valence-corrected chi connectivity index (χ3v) is 9.09. The Morgan fingerprint density at radius 2 is 1.65 bits per heavy atom. The van der Waals surface area contributed by atoms with Crippen molar-refractivity contribution in [3.05, 3.63) is 141 Å². The lowest BCUT2D eigenvalue weighted by Crippen LogP contribution is -2.61. The summed E-state index contributed by atoms with van der Waals surface area (Å²) in [5.74, 6) is -1.84. The van der Waals surface area contributed by atoms with Crippen LogP contribution in [0.15, 0.2) is 108 Å². The molecule has 0 bridgehead atoms. The van der Waals surface area contributed by atoms with Crippen molar-refractivity contribution in [2.45, 2.75) is 24.2 Å². The standard InChI is InChI=1S/C39H38N4O9/c44-32-15-13-30(31-14-16-34(46)42-36(31)32)33(45)20-40-18-17-24-9-11-25(12-10-24)37(48)41-28-21-43(22-28)35(47)23-52-29-8-4-7-27(19-29)39(51,38(49)50)26-5-2-1-3-6-26/h1-16,19,28,33,40,44-45,51H,17-18,20-23H2,(H,41,48)(H,42,46)(H,49,50). The molecule has 13 heteroatoms. The second kappa shape index (κ2) is 15.5. The molecule has 1 fully saturated rings. The molecule has 1 saturated heterocycles. The number of carboxylic acids is 1. The van der Waals surface area contributed by atoms with Crippen molar-refractivity contribution in [3.63, 3.8) is 0 Å². The lowest BCUT2D eigenvalue weighted by molar-refractivity contribution is -0.155. The molecule has 1 aliphatic rings. The molecule has 52 heavy (non-hydrogen) atoms. The number of aromatic hydroxyl groups is 1. The molecule has 2 unspecified atom stereocenters. The minimum atomic E-state index is -2.30. The van der Waals surface area contributed by atoms with Crippen LogP contribution in [0.4, 0.5) is 0 Å². The van der Waals surface area contributed by atoms with Crippen molar-refractivity contribution < 1.29 is 39.5 Å². The van der Waals surface area contributed by atoms with Gasteiger partial charge in [-0.15, -0.1) is 0 Å². The zero-order chi connectivity index (χ0) is 36.8. The second-order valence-electron chi connectivity index (χ2n) is 12.6. The van der Waals surface area contributed by atoms with Crippen molar-refractivity contribution in [3.8, 4) is 11.5 Å². The minimum Gasteiger partial charge on any atom is -0.506 e. The number of aliphatic hydroxyl groups excluding tert-OH is 1. The number of phenolic OH excluding ortho intramolecular Hbond substituents is 1. The molecule has 268 valence electrons. The predicted octanol–water partition coefficient (Wildman–Crippen LogP) is 2.44. The fourth-order valence-electron chi connectivity index (χ4n) is 6.14. The molecule has 6 rings (SSSR count). The Hall–Kier alpha value is -6.02. The number of hydrogen-bond donors (Lipinski definition) is 7. The molecule has 0 saturated carbocycles. The van der Waals surface area contributed by atoms with Crippen molar-refractivity contribution >= 4 is 28.7 Å². The van der Waals surface area contributed by atoms with Gasteiger partial charge in [0.05, 0.1) is 17.7 Å². The molecule has 0 spiro atoms. The van der Waals surface area contributed by atoms with Crippen LogP contribution in [0.1, 0.15) is 38.7 Å². The summed E-state index contributed by atoms with van der Waals surface area (Å²) in [6, 6.07) is 27.0. The van der Waals surface area contributed by atoms with Gasteiger partial charge in [-0.05, 0) is 66.1 Å². The van der Waals surface area contributed by atoms with Crippen LogP contribution in [-0.4, -0.2) is 86.9 Å². The quantitative estimate of drug-likeness (QED) is 0.0842. The fourth-order valence-corrected chi connectivity index (χ4v) is 6.14. The second-order valence-corrected chi connectivity index (χ2v) is 12.6. The maximum Gasteiger partial charge on any atom is 0.345 e. The number of ether oxygens (including phenoxy) is 1. The first-order valence-corrected chi connectivity index (χ1v) is 16.7. The predicted molar refractivity (Wildman–Crippen MR) is 191 cm³/mol. The summed E-state index contributed by atoms with van der Waals surface area (Å²) in [4.78, 5) is 53.5. The van der Waals surface area contributed by atoms with Gasteiger partial charge in [0.1, 0.15) is 11.5 Å². The Balaban J connectivity index is 0.922. The zero-order valence-corrected chi connectivity index (χ0v) is 28.0. The molecule has 1 aromatic heterocycles. The molecule has 7 N–H and O–H groups in total. The number of hydrogen-bond acceptors (Lipinski definition) is 9. The summed E-state index contributed by atoms with van der Waals surface area (Å²) < 4.78 is 5.64. The van der Waals surface area contributed by atoms with E-state index in [4.69, 9.17) is 4.74 Å². The van der Waals surface area contributed by atoms with Gasteiger partial charge < -0.3 is 45.7 Å². The van der Waals surface area contributed by atoms with Gasteiger partial charge in [-0.25, -0.2) is 4.79 Å². The Morgan fingerprint density at radius 1 is 0.923 bits per heavy atom. The third-order valence-electron chi connectivity index (χ3n) is 9.09. The Morgan fingerprint density at radius 3 is 2.38 bits per heavy atom. The number of carboxylic acid groups (broad SMARTS) is 1. The summed E-state index contributed by atoms with van der Waals surface area (Å²) in [6.45, 7) is 1.15. The molecule has 0 aliphatic carbocycles. The first-order chi connectivity index (χ1) is 25.0. The van der Waals surface area contributed by atoms with Gasteiger partial charge in [-0.2, -0.15) is 0 Å². The number of amides is 2. The topological polar surface area (TPSA) is 202 Å². The largest absolute Gasteiger partial charge is 0.506 e. The average Bonchev–Trinajstić information content (AvgIpc) is 3.14. The van der Waals surface area contributed by atoms with E-state index < -0.39 is 17.7 Å². The van der Waals surface area contributed by atoms with Crippen LogP contribution in [0.3, 0.4) is 0 Å². The van der Waals surface area contributed by atoms with Gasteiger partial charge in [0.15, 0.2) is 6.61 Å². The molecule has 1 aliphatic heterocycles. The van der Waals surface area contributed by atoms with Crippen molar-refractivity contribution in [2.75, 3.05) is 32.8 Å². The Bertz CT molecular complexity index is 2130. The summed E-state index contributed by atoms with van der Waals surface area (Å²) in [5, 5.41) is 48.5. The highest BCUT2D eigenvalue weighted by atomic mass is 16.5. The number of aromatic amines is 1. The van der Waals surface area contributed by atoms with E-state index in [1.807, 2.05) is 12.1 Å². The Kier molecular flexibility index (Phi) is 10.7. The average molecular weight is 707 g/mol. The number of fused-ring (bicyclic) bond motifs is 1. The van der Waals surface area contributed by atoms with Crippen molar-refractivity contribution in [2.24, 2.45) is 0 Å². The molecular weight excluding hydrogens is 668 g/mol. The number of pyridine rings is 1. The van der Waals surface area contributed by atoms with Gasteiger partial charge in [0.2, 0.25) is 11.2 Å². The first-order valence-electron chi connectivity index (χ1n) is 16.7. The van der Waals surface area contributed by atoms with Crippen molar-refractivity contribution in [1.82, 2.24) is 20.5 Å². The van der Waals surface area contributed by atoms with Crippen LogP contribution in [0.25, 0.3) is 10.9 Å². The smallest absolute Gasteiger partial charge is 0.345 e. The number of aliphatic carboxylic acids is 1. The number of likely N-dealkylation sites (tertiary alicyclic amines) is 1. The maximum atomic E-state index is 12.8. The number of aromatic nitrogens is 1. The van der Waals surface area contributed by atoms with Crippen LogP contribution in [0.5, 0.6) is 11.5 Å². The van der Waals surface area contributed by atoms with Crippen LogP contribution < -0.4 is 20.9 Å². The monoisotopic (exact) mass is 706 g/mol. The Labute approximate surface area is 298 Å². The van der Waals surface area contributed by atoms with Crippen LogP contribution in [0.2, 0.25) is 0 Å². The number of nitrogens with one attached hydrogen (secondary N) is 3. The molecule has 2 atom stereocenters. The number of carbonyl (C=O) groups excluding carboxylic acids is 2. The van der Waals surface area contributed by atoms with Gasteiger partial charge in [0.25, 0.3) is 11.8 Å². The lowest BCUT2D eigenvalue weighted by Gasteiger charge is -2.39. The maximum absolute atomic E-state index is 12.8.